The quantitative estimate of drug-likeness (QED) is 0.740. The first-order valence-electron chi connectivity index (χ1n) is 8.13. The van der Waals surface area contributed by atoms with Gasteiger partial charge >= 0.3 is 6.09 Å². The summed E-state index contributed by atoms with van der Waals surface area (Å²) in [5, 5.41) is 5.80. The van der Waals surface area contributed by atoms with Crippen molar-refractivity contribution in [3.63, 3.8) is 0 Å². The number of carbonyl (C=O) groups is 2. The lowest BCUT2D eigenvalue weighted by Crippen LogP contribution is -2.36. The van der Waals surface area contributed by atoms with Gasteiger partial charge < -0.3 is 15.4 Å². The summed E-state index contributed by atoms with van der Waals surface area (Å²) in [6, 6.07) is 0.381. The van der Waals surface area contributed by atoms with E-state index in [9.17, 15) is 9.59 Å². The van der Waals surface area contributed by atoms with Crippen LogP contribution >= 0.6 is 0 Å². The maximum atomic E-state index is 11.8. The molecule has 5 nitrogen and oxygen atoms in total. The largest absolute Gasteiger partial charge is 0.444 e. The van der Waals surface area contributed by atoms with Gasteiger partial charge in [-0.2, -0.15) is 0 Å². The first-order valence-corrected chi connectivity index (χ1v) is 8.13. The zero-order valence-corrected chi connectivity index (χ0v) is 13.7. The maximum absolute atomic E-state index is 11.8. The molecule has 0 aromatic rings. The molecule has 2 amide bonds. The molecule has 1 fully saturated rings. The number of amides is 2. The molecule has 5 heteroatoms. The maximum Gasteiger partial charge on any atom is 0.407 e. The fourth-order valence-electron chi connectivity index (χ4n) is 2.46. The van der Waals surface area contributed by atoms with Crippen molar-refractivity contribution >= 4 is 12.0 Å². The van der Waals surface area contributed by atoms with Crippen LogP contribution in [0.1, 0.15) is 72.1 Å². The second-order valence-electron chi connectivity index (χ2n) is 6.79. The number of nitrogens with one attached hydrogen (secondary N) is 2. The number of unbranched alkanes of at least 4 members (excludes halogenated alkanes) is 1. The lowest BCUT2D eigenvalue weighted by molar-refractivity contribution is -0.122. The second kappa shape index (κ2) is 8.90. The van der Waals surface area contributed by atoms with Crippen LogP contribution in [-0.4, -0.2) is 30.2 Å². The molecular weight excluding hydrogens is 268 g/mol. The number of hydrogen-bond donors (Lipinski definition) is 2. The molecule has 0 unspecified atom stereocenters. The Morgan fingerprint density at radius 2 is 1.76 bits per heavy atom. The Balaban J connectivity index is 2.00. The number of ether oxygens (including phenoxy) is 1. The summed E-state index contributed by atoms with van der Waals surface area (Å²) >= 11 is 0. The minimum Gasteiger partial charge on any atom is -0.444 e. The predicted molar refractivity (Wildman–Crippen MR) is 83.1 cm³/mol. The van der Waals surface area contributed by atoms with Crippen molar-refractivity contribution in [1.29, 1.82) is 0 Å². The van der Waals surface area contributed by atoms with E-state index < -0.39 is 11.7 Å². The van der Waals surface area contributed by atoms with Crippen molar-refractivity contribution in [2.45, 2.75) is 83.8 Å². The molecule has 1 rings (SSSR count). The van der Waals surface area contributed by atoms with Crippen molar-refractivity contribution in [2.75, 3.05) is 6.54 Å². The fraction of sp³-hybridized carbons (Fsp3) is 0.875. The van der Waals surface area contributed by atoms with Crippen LogP contribution in [0.3, 0.4) is 0 Å². The molecule has 21 heavy (non-hydrogen) atoms. The standard InChI is InChI=1S/C16H30N2O3/c1-16(2,3)21-15(20)17-12-8-7-11-14(19)18-13-9-5-4-6-10-13/h13H,4-12H2,1-3H3,(H,17,20)(H,18,19). The zero-order valence-electron chi connectivity index (χ0n) is 13.7. The Hall–Kier alpha value is -1.26. The molecule has 122 valence electrons. The van der Waals surface area contributed by atoms with Gasteiger partial charge in [0.15, 0.2) is 0 Å². The third-order valence-corrected chi connectivity index (χ3v) is 3.47. The number of carbonyl (C=O) groups excluding carboxylic acids is 2. The van der Waals surface area contributed by atoms with Gasteiger partial charge in [-0.15, -0.1) is 0 Å². The van der Waals surface area contributed by atoms with E-state index in [-0.39, 0.29) is 5.91 Å². The molecule has 0 radical (unpaired) electrons. The first kappa shape index (κ1) is 17.8. The van der Waals surface area contributed by atoms with Gasteiger partial charge in [-0.3, -0.25) is 4.79 Å². The smallest absolute Gasteiger partial charge is 0.407 e. The van der Waals surface area contributed by atoms with E-state index in [0.29, 0.717) is 19.0 Å². The minimum absolute atomic E-state index is 0.138. The highest BCUT2D eigenvalue weighted by atomic mass is 16.6. The topological polar surface area (TPSA) is 67.4 Å². The highest BCUT2D eigenvalue weighted by molar-refractivity contribution is 5.76. The Kier molecular flexibility index (Phi) is 7.54. The molecule has 2 N–H and O–H groups in total. The van der Waals surface area contributed by atoms with Gasteiger partial charge in [0.05, 0.1) is 0 Å². The zero-order chi connectivity index (χ0) is 15.7. The van der Waals surface area contributed by atoms with Crippen LogP contribution in [0.2, 0.25) is 0 Å². The number of alkyl carbamates (subject to hydrolysis) is 1. The lowest BCUT2D eigenvalue weighted by atomic mass is 9.95. The van der Waals surface area contributed by atoms with E-state index in [4.69, 9.17) is 4.74 Å². The van der Waals surface area contributed by atoms with Crippen LogP contribution < -0.4 is 10.6 Å². The van der Waals surface area contributed by atoms with E-state index >= 15 is 0 Å². The summed E-state index contributed by atoms with van der Waals surface area (Å²) in [6.07, 6.45) is 7.70. The van der Waals surface area contributed by atoms with Crippen LogP contribution in [0.15, 0.2) is 0 Å². The summed E-state index contributed by atoms with van der Waals surface area (Å²) in [5.74, 6) is 0.138. The van der Waals surface area contributed by atoms with Gasteiger partial charge in [0, 0.05) is 19.0 Å². The van der Waals surface area contributed by atoms with Gasteiger partial charge in [-0.25, -0.2) is 4.79 Å². The Morgan fingerprint density at radius 3 is 2.38 bits per heavy atom. The molecule has 0 aromatic carbocycles. The molecular formula is C16H30N2O3. The fourth-order valence-corrected chi connectivity index (χ4v) is 2.46. The van der Waals surface area contributed by atoms with Gasteiger partial charge in [0.2, 0.25) is 5.91 Å². The molecule has 0 aliphatic heterocycles. The van der Waals surface area contributed by atoms with Gasteiger partial charge in [0.1, 0.15) is 5.60 Å². The van der Waals surface area contributed by atoms with Crippen LogP contribution in [0, 0.1) is 0 Å². The van der Waals surface area contributed by atoms with Crippen molar-refractivity contribution < 1.29 is 14.3 Å². The van der Waals surface area contributed by atoms with Crippen LogP contribution in [-0.2, 0) is 9.53 Å². The number of rotatable bonds is 6. The molecule has 0 saturated heterocycles. The van der Waals surface area contributed by atoms with Crippen LogP contribution in [0.5, 0.6) is 0 Å². The first-order chi connectivity index (χ1) is 9.87. The number of hydrogen-bond acceptors (Lipinski definition) is 3. The van der Waals surface area contributed by atoms with Crippen molar-refractivity contribution in [1.82, 2.24) is 10.6 Å². The third kappa shape index (κ3) is 9.32. The highest BCUT2D eigenvalue weighted by Gasteiger charge is 2.16. The average molecular weight is 298 g/mol. The van der Waals surface area contributed by atoms with E-state index in [0.717, 1.165) is 25.7 Å². The molecule has 1 aliphatic rings. The monoisotopic (exact) mass is 298 g/mol. The lowest BCUT2D eigenvalue weighted by Gasteiger charge is -2.22. The third-order valence-electron chi connectivity index (χ3n) is 3.47. The normalized spacial score (nSPS) is 16.3. The Labute approximate surface area is 128 Å². The molecule has 0 atom stereocenters. The van der Waals surface area contributed by atoms with Crippen LogP contribution in [0.25, 0.3) is 0 Å². The van der Waals surface area contributed by atoms with Gasteiger partial charge in [0.25, 0.3) is 0 Å². The molecule has 1 aliphatic carbocycles. The molecule has 0 spiro atoms. The summed E-state index contributed by atoms with van der Waals surface area (Å²) in [6.45, 7) is 6.05. The molecule has 0 aromatic heterocycles. The van der Waals surface area contributed by atoms with Gasteiger partial charge in [-0.05, 0) is 46.5 Å². The van der Waals surface area contributed by atoms with Crippen LogP contribution in [0.4, 0.5) is 4.79 Å². The Morgan fingerprint density at radius 1 is 1.10 bits per heavy atom. The van der Waals surface area contributed by atoms with Crippen molar-refractivity contribution in [3.8, 4) is 0 Å². The highest BCUT2D eigenvalue weighted by Crippen LogP contribution is 2.17. The summed E-state index contributed by atoms with van der Waals surface area (Å²) in [4.78, 5) is 23.2. The average Bonchev–Trinajstić information content (AvgIpc) is 2.37. The van der Waals surface area contributed by atoms with E-state index in [2.05, 4.69) is 10.6 Å². The summed E-state index contributed by atoms with van der Waals surface area (Å²) in [7, 11) is 0. The second-order valence-corrected chi connectivity index (χ2v) is 6.79. The molecule has 0 bridgehead atoms. The summed E-state index contributed by atoms with van der Waals surface area (Å²) in [5.41, 5.74) is -0.468. The van der Waals surface area contributed by atoms with Crippen molar-refractivity contribution in [2.24, 2.45) is 0 Å². The SMILES string of the molecule is CC(C)(C)OC(=O)NCCCCC(=O)NC1CCCCC1. The molecule has 1 saturated carbocycles. The predicted octanol–water partition coefficient (Wildman–Crippen LogP) is 3.13. The van der Waals surface area contributed by atoms with Gasteiger partial charge in [-0.1, -0.05) is 19.3 Å². The minimum atomic E-state index is -0.468. The van der Waals surface area contributed by atoms with E-state index in [1.807, 2.05) is 20.8 Å². The van der Waals surface area contributed by atoms with Crippen molar-refractivity contribution in [3.05, 3.63) is 0 Å². The van der Waals surface area contributed by atoms with E-state index in [1.54, 1.807) is 0 Å². The molecule has 0 heterocycles. The van der Waals surface area contributed by atoms with E-state index in [1.165, 1.54) is 19.3 Å². The Bertz CT molecular complexity index is 331. The summed E-state index contributed by atoms with van der Waals surface area (Å²) < 4.78 is 5.14.